The minimum Gasteiger partial charge on any atom is -0.286 e. The Bertz CT molecular complexity index is 677. The van der Waals surface area contributed by atoms with Crippen molar-refractivity contribution in [1.82, 2.24) is 14.5 Å². The van der Waals surface area contributed by atoms with E-state index in [1.165, 1.54) is 11.8 Å². The van der Waals surface area contributed by atoms with E-state index in [2.05, 4.69) is 9.97 Å². The molecule has 0 aliphatic carbocycles. The number of benzene rings is 1. The molecule has 94 valence electrons. The van der Waals surface area contributed by atoms with Crippen LogP contribution in [-0.4, -0.2) is 20.8 Å². The van der Waals surface area contributed by atoms with Crippen molar-refractivity contribution in [1.29, 1.82) is 0 Å². The van der Waals surface area contributed by atoms with Crippen LogP contribution in [0.15, 0.2) is 32.9 Å². The van der Waals surface area contributed by atoms with Crippen LogP contribution < -0.4 is 11.4 Å². The number of hydrogen-bond donors (Lipinski definition) is 1. The molecule has 0 aliphatic heterocycles. The first-order valence-corrected chi connectivity index (χ1v) is 6.67. The highest BCUT2D eigenvalue weighted by Gasteiger charge is 2.10. The Labute approximate surface area is 112 Å². The van der Waals surface area contributed by atoms with E-state index in [4.69, 9.17) is 11.6 Å². The first-order chi connectivity index (χ1) is 8.52. The van der Waals surface area contributed by atoms with Gasteiger partial charge in [-0.15, -0.1) is 0 Å². The quantitative estimate of drug-likeness (QED) is 0.850. The molecule has 1 aromatic carbocycles. The second kappa shape index (κ2) is 4.99. The molecule has 0 fully saturated rings. The van der Waals surface area contributed by atoms with Crippen molar-refractivity contribution in [2.45, 2.75) is 12.1 Å². The minimum absolute atomic E-state index is 0.293. The van der Waals surface area contributed by atoms with Gasteiger partial charge in [0.05, 0.1) is 5.69 Å². The summed E-state index contributed by atoms with van der Waals surface area (Å²) >= 11 is 7.08. The van der Waals surface area contributed by atoms with Gasteiger partial charge in [-0.25, -0.2) is 14.2 Å². The summed E-state index contributed by atoms with van der Waals surface area (Å²) < 4.78 is 0.973. The Morgan fingerprint density at radius 1 is 1.39 bits per heavy atom. The number of halogens is 1. The molecular formula is C11H10ClN3O2S. The molecule has 0 unspecified atom stereocenters. The zero-order valence-corrected chi connectivity index (χ0v) is 11.3. The minimum atomic E-state index is -0.617. The van der Waals surface area contributed by atoms with Crippen molar-refractivity contribution in [3.8, 4) is 5.69 Å². The lowest BCUT2D eigenvalue weighted by Crippen LogP contribution is -2.36. The van der Waals surface area contributed by atoms with Crippen molar-refractivity contribution >= 4 is 23.4 Å². The topological polar surface area (TPSA) is 67.8 Å². The predicted octanol–water partition coefficient (Wildman–Crippen LogP) is 1.60. The van der Waals surface area contributed by atoms with Gasteiger partial charge >= 0.3 is 11.4 Å². The Kier molecular flexibility index (Phi) is 3.58. The Balaban J connectivity index is 2.76. The van der Waals surface area contributed by atoms with Crippen LogP contribution in [-0.2, 0) is 0 Å². The fourth-order valence-electron chi connectivity index (χ4n) is 1.53. The van der Waals surface area contributed by atoms with Gasteiger partial charge in [0.2, 0.25) is 0 Å². The third kappa shape index (κ3) is 2.34. The van der Waals surface area contributed by atoms with Gasteiger partial charge < -0.3 is 0 Å². The lowest BCUT2D eigenvalue weighted by molar-refractivity contribution is 0.741. The first kappa shape index (κ1) is 12.9. The van der Waals surface area contributed by atoms with Crippen LogP contribution in [0.4, 0.5) is 0 Å². The van der Waals surface area contributed by atoms with Crippen LogP contribution >= 0.6 is 23.4 Å². The van der Waals surface area contributed by atoms with Gasteiger partial charge in [-0.05, 0) is 30.9 Å². The Hall–Kier alpha value is -1.53. The zero-order valence-electron chi connectivity index (χ0n) is 9.73. The van der Waals surface area contributed by atoms with Gasteiger partial charge in [-0.1, -0.05) is 29.4 Å². The average molecular weight is 284 g/mol. The lowest BCUT2D eigenvalue weighted by Gasteiger charge is -2.08. The lowest BCUT2D eigenvalue weighted by atomic mass is 10.2. The molecule has 18 heavy (non-hydrogen) atoms. The molecule has 7 heteroatoms. The van der Waals surface area contributed by atoms with Crippen LogP contribution in [0.1, 0.15) is 5.56 Å². The maximum atomic E-state index is 11.9. The van der Waals surface area contributed by atoms with Gasteiger partial charge in [-0.2, -0.15) is 4.98 Å². The van der Waals surface area contributed by atoms with E-state index in [0.29, 0.717) is 15.9 Å². The third-order valence-electron chi connectivity index (χ3n) is 2.41. The molecule has 0 aliphatic rings. The monoisotopic (exact) mass is 283 g/mol. The summed E-state index contributed by atoms with van der Waals surface area (Å²) in [5.41, 5.74) is 0.0674. The summed E-state index contributed by atoms with van der Waals surface area (Å²) in [6.07, 6.45) is 1.73. The Morgan fingerprint density at radius 2 is 2.11 bits per heavy atom. The smallest absolute Gasteiger partial charge is 0.286 e. The van der Waals surface area contributed by atoms with Crippen molar-refractivity contribution in [2.75, 3.05) is 6.26 Å². The molecule has 0 radical (unpaired) electrons. The largest absolute Gasteiger partial charge is 0.358 e. The predicted molar refractivity (Wildman–Crippen MR) is 72.0 cm³/mol. The molecule has 1 heterocycles. The third-order valence-corrected chi connectivity index (χ3v) is 3.23. The van der Waals surface area contributed by atoms with Crippen molar-refractivity contribution in [3.63, 3.8) is 0 Å². The number of aromatic nitrogens is 3. The van der Waals surface area contributed by atoms with Crippen LogP contribution in [0, 0.1) is 6.92 Å². The fourth-order valence-corrected chi connectivity index (χ4v) is 2.06. The average Bonchev–Trinajstić information content (AvgIpc) is 2.32. The second-order valence-corrected chi connectivity index (χ2v) is 4.83. The molecule has 1 N–H and O–H groups in total. The highest BCUT2D eigenvalue weighted by Crippen LogP contribution is 2.17. The first-order valence-electron chi connectivity index (χ1n) is 5.07. The summed E-state index contributed by atoms with van der Waals surface area (Å²) in [6, 6.07) is 5.00. The summed E-state index contributed by atoms with van der Waals surface area (Å²) in [7, 11) is 0. The molecule has 0 bridgehead atoms. The van der Waals surface area contributed by atoms with Gasteiger partial charge in [0.25, 0.3) is 0 Å². The van der Waals surface area contributed by atoms with E-state index >= 15 is 0 Å². The highest BCUT2D eigenvalue weighted by molar-refractivity contribution is 7.98. The van der Waals surface area contributed by atoms with Crippen molar-refractivity contribution < 1.29 is 0 Å². The fraction of sp³-hybridized carbons (Fsp3) is 0.182. The van der Waals surface area contributed by atoms with Crippen LogP contribution in [0.5, 0.6) is 0 Å². The van der Waals surface area contributed by atoms with Crippen LogP contribution in [0.25, 0.3) is 5.69 Å². The van der Waals surface area contributed by atoms with Crippen molar-refractivity contribution in [3.05, 3.63) is 49.8 Å². The number of aryl methyl sites for hydroxylation is 1. The Morgan fingerprint density at radius 3 is 2.72 bits per heavy atom. The standard InChI is InChI=1S/C11H10ClN3O2S/c1-6-3-4-7(12)5-8(6)15-10(16)13-9(18-2)14-11(15)17/h3-5H,1-2H3,(H,13,14,16,17). The summed E-state index contributed by atoms with van der Waals surface area (Å²) in [5, 5.41) is 0.747. The number of thioether (sulfide) groups is 1. The van der Waals surface area contributed by atoms with Crippen molar-refractivity contribution in [2.24, 2.45) is 0 Å². The molecular weight excluding hydrogens is 274 g/mol. The van der Waals surface area contributed by atoms with Gasteiger partial charge in [0, 0.05) is 5.02 Å². The maximum absolute atomic E-state index is 11.9. The van der Waals surface area contributed by atoms with E-state index in [0.717, 1.165) is 10.1 Å². The molecule has 0 atom stereocenters. The van der Waals surface area contributed by atoms with E-state index in [1.807, 2.05) is 0 Å². The molecule has 2 rings (SSSR count). The number of aromatic amines is 1. The van der Waals surface area contributed by atoms with Crippen LogP contribution in [0.3, 0.4) is 0 Å². The molecule has 2 aromatic rings. The number of nitrogens with zero attached hydrogens (tertiary/aromatic N) is 2. The summed E-state index contributed by atoms with van der Waals surface area (Å²) in [5.74, 6) is 0. The summed E-state index contributed by atoms with van der Waals surface area (Å²) in [6.45, 7) is 1.79. The highest BCUT2D eigenvalue weighted by atomic mass is 35.5. The molecule has 0 spiro atoms. The number of hydrogen-bond acceptors (Lipinski definition) is 4. The van der Waals surface area contributed by atoms with E-state index in [-0.39, 0.29) is 0 Å². The van der Waals surface area contributed by atoms with Gasteiger partial charge in [0.1, 0.15) is 0 Å². The van der Waals surface area contributed by atoms with Gasteiger partial charge in [-0.3, -0.25) is 4.98 Å². The second-order valence-electron chi connectivity index (χ2n) is 3.60. The molecule has 0 saturated carbocycles. The zero-order chi connectivity index (χ0) is 13.3. The molecule has 5 nitrogen and oxygen atoms in total. The normalized spacial score (nSPS) is 10.6. The molecule has 1 aromatic heterocycles. The van der Waals surface area contributed by atoms with E-state index in [1.54, 1.807) is 31.4 Å². The van der Waals surface area contributed by atoms with Crippen LogP contribution in [0.2, 0.25) is 5.02 Å². The van der Waals surface area contributed by atoms with Gasteiger partial charge in [0.15, 0.2) is 5.16 Å². The summed E-state index contributed by atoms with van der Waals surface area (Å²) in [4.78, 5) is 30.1. The van der Waals surface area contributed by atoms with E-state index < -0.39 is 11.4 Å². The molecule has 0 saturated heterocycles. The number of nitrogens with one attached hydrogen (secondary N) is 1. The number of H-pyrrole nitrogens is 1. The van der Waals surface area contributed by atoms with E-state index in [9.17, 15) is 9.59 Å². The maximum Gasteiger partial charge on any atom is 0.358 e. The number of rotatable bonds is 2. The molecule has 0 amide bonds. The SMILES string of the molecule is CSc1nc(=O)n(-c2cc(Cl)ccc2C)c(=O)[nH]1.